The first-order chi connectivity index (χ1) is 19.8. The molecule has 12 heteroatoms. The van der Waals surface area contributed by atoms with Gasteiger partial charge in [-0.15, -0.1) is 5.10 Å². The Bertz CT molecular complexity index is 1600. The van der Waals surface area contributed by atoms with E-state index in [0.717, 1.165) is 29.2 Å². The highest BCUT2D eigenvalue weighted by atomic mass is 19.4. The number of ketones is 1. The molecule has 1 saturated carbocycles. The van der Waals surface area contributed by atoms with E-state index in [4.69, 9.17) is 9.41 Å². The van der Waals surface area contributed by atoms with Gasteiger partial charge in [0.25, 0.3) is 5.89 Å². The van der Waals surface area contributed by atoms with E-state index in [-0.39, 0.29) is 35.5 Å². The van der Waals surface area contributed by atoms with Gasteiger partial charge in [-0.1, -0.05) is 59.7 Å². The van der Waals surface area contributed by atoms with Crippen molar-refractivity contribution in [3.63, 3.8) is 0 Å². The SMILES string of the molecule is O=C1Cc2ccccc2C(c2ccccc2)=N[C@@H]1Nc1nnc(-c2ncc(C(F)(F)F)cc2N[C@@H]2CCC[C@@H]2O)o1. The monoisotopic (exact) mass is 562 g/mol. The van der Waals surface area contributed by atoms with Crippen LogP contribution in [0.2, 0.25) is 0 Å². The van der Waals surface area contributed by atoms with Crippen LogP contribution in [0, 0.1) is 0 Å². The number of anilines is 2. The fraction of sp³-hybridized carbons (Fsp3) is 0.276. The second kappa shape index (κ2) is 10.8. The number of aliphatic imine (C=N–C) groups is 1. The molecule has 6 rings (SSSR count). The molecule has 9 nitrogen and oxygen atoms in total. The maximum atomic E-state index is 13.5. The summed E-state index contributed by atoms with van der Waals surface area (Å²) in [5.41, 5.74) is 2.15. The Balaban J connectivity index is 1.32. The van der Waals surface area contributed by atoms with E-state index in [0.29, 0.717) is 24.8 Å². The summed E-state index contributed by atoms with van der Waals surface area (Å²) in [7, 11) is 0. The molecule has 1 aliphatic carbocycles. The highest BCUT2D eigenvalue weighted by Gasteiger charge is 2.34. The van der Waals surface area contributed by atoms with Crippen LogP contribution >= 0.6 is 0 Å². The smallest absolute Gasteiger partial charge is 0.402 e. The van der Waals surface area contributed by atoms with Gasteiger partial charge in [0.05, 0.1) is 29.1 Å². The van der Waals surface area contributed by atoms with Gasteiger partial charge in [-0.2, -0.15) is 13.2 Å². The Hall–Kier alpha value is -4.58. The van der Waals surface area contributed by atoms with Crippen molar-refractivity contribution in [2.24, 2.45) is 4.99 Å². The summed E-state index contributed by atoms with van der Waals surface area (Å²) < 4.78 is 46.1. The summed E-state index contributed by atoms with van der Waals surface area (Å²) in [6.07, 6.45) is -3.72. The molecular weight excluding hydrogens is 537 g/mol. The average Bonchev–Trinajstić information content (AvgIpc) is 3.56. The Labute approximate surface area is 232 Å². The number of nitrogens with one attached hydrogen (secondary N) is 2. The van der Waals surface area contributed by atoms with Crippen LogP contribution in [0.5, 0.6) is 0 Å². The number of fused-ring (bicyclic) bond motifs is 1. The number of hydrogen-bond acceptors (Lipinski definition) is 9. The van der Waals surface area contributed by atoms with E-state index in [1.54, 1.807) is 0 Å². The number of Topliss-reactive ketones (excluding diaryl/α,β-unsaturated/α-hetero) is 1. The topological polar surface area (TPSA) is 126 Å². The van der Waals surface area contributed by atoms with E-state index < -0.39 is 30.1 Å². The lowest BCUT2D eigenvalue weighted by molar-refractivity contribution is -0.137. The molecular formula is C29H25F3N6O3. The molecule has 0 unspecified atom stereocenters. The number of hydrogen-bond donors (Lipinski definition) is 3. The molecule has 41 heavy (non-hydrogen) atoms. The zero-order valence-electron chi connectivity index (χ0n) is 21.6. The summed E-state index contributed by atoms with van der Waals surface area (Å²) in [4.78, 5) is 21.9. The molecule has 0 radical (unpaired) electrons. The minimum Gasteiger partial charge on any atom is -0.402 e. The molecule has 0 spiro atoms. The van der Waals surface area contributed by atoms with Gasteiger partial charge in [0.15, 0.2) is 17.6 Å². The van der Waals surface area contributed by atoms with Crippen molar-refractivity contribution >= 4 is 23.2 Å². The summed E-state index contributed by atoms with van der Waals surface area (Å²) in [6.45, 7) is 0. The van der Waals surface area contributed by atoms with Crippen LogP contribution in [0.15, 0.2) is 76.3 Å². The second-order valence-electron chi connectivity index (χ2n) is 9.97. The molecule has 1 fully saturated rings. The molecule has 3 atom stereocenters. The van der Waals surface area contributed by atoms with E-state index in [1.807, 2.05) is 54.6 Å². The van der Waals surface area contributed by atoms with E-state index in [9.17, 15) is 23.1 Å². The molecule has 2 aromatic carbocycles. The minimum absolute atomic E-state index is 0.00588. The Morgan fingerprint density at radius 2 is 1.76 bits per heavy atom. The maximum absolute atomic E-state index is 13.5. The van der Waals surface area contributed by atoms with Crippen molar-refractivity contribution in [1.29, 1.82) is 0 Å². The fourth-order valence-corrected chi connectivity index (χ4v) is 5.10. The highest BCUT2D eigenvalue weighted by molar-refractivity contribution is 6.16. The van der Waals surface area contributed by atoms with Gasteiger partial charge in [0.1, 0.15) is 0 Å². The molecule has 0 saturated heterocycles. The fourth-order valence-electron chi connectivity index (χ4n) is 5.10. The number of carbonyl (C=O) groups excluding carboxylic acids is 1. The van der Waals surface area contributed by atoms with Crippen molar-refractivity contribution in [1.82, 2.24) is 15.2 Å². The predicted octanol–water partition coefficient (Wildman–Crippen LogP) is 4.88. The largest absolute Gasteiger partial charge is 0.417 e. The quantitative estimate of drug-likeness (QED) is 0.304. The zero-order chi connectivity index (χ0) is 28.6. The summed E-state index contributed by atoms with van der Waals surface area (Å²) >= 11 is 0. The summed E-state index contributed by atoms with van der Waals surface area (Å²) in [5, 5.41) is 24.0. The molecule has 0 bridgehead atoms. The van der Waals surface area contributed by atoms with Gasteiger partial charge in [-0.25, -0.2) is 4.98 Å². The van der Waals surface area contributed by atoms with Crippen molar-refractivity contribution < 1.29 is 27.5 Å². The molecule has 210 valence electrons. The first kappa shape index (κ1) is 26.6. The van der Waals surface area contributed by atoms with Gasteiger partial charge in [-0.3, -0.25) is 9.79 Å². The predicted molar refractivity (Wildman–Crippen MR) is 144 cm³/mol. The first-order valence-electron chi connectivity index (χ1n) is 13.1. The number of aliphatic hydroxyl groups excluding tert-OH is 1. The standard InChI is InChI=1S/C29H25F3N6O3/c30-29(31,32)18-14-21(34-20-11-6-12-22(20)39)25(33-15-18)27-37-38-28(41-27)36-26-23(40)13-17-9-4-5-10-19(17)24(35-26)16-7-2-1-3-8-16/h1-5,7-10,14-15,20,22,26,34,39H,6,11-13H2,(H,36,38)/t20-,22+,26-/m1/s1. The number of halogens is 3. The number of aliphatic hydroxyl groups is 1. The number of aromatic nitrogens is 3. The average molecular weight is 563 g/mol. The number of carbonyl (C=O) groups is 1. The minimum atomic E-state index is -4.62. The lowest BCUT2D eigenvalue weighted by Gasteiger charge is -2.20. The number of pyridine rings is 1. The number of rotatable bonds is 6. The summed E-state index contributed by atoms with van der Waals surface area (Å²) in [6, 6.07) is 17.3. The number of nitrogens with zero attached hydrogens (tertiary/aromatic N) is 4. The van der Waals surface area contributed by atoms with Gasteiger partial charge in [0, 0.05) is 23.7 Å². The van der Waals surface area contributed by atoms with Crippen LogP contribution in [0.3, 0.4) is 0 Å². The van der Waals surface area contributed by atoms with E-state index in [1.165, 1.54) is 0 Å². The molecule has 2 aromatic heterocycles. The van der Waals surface area contributed by atoms with Crippen molar-refractivity contribution in [3.05, 3.63) is 89.1 Å². The van der Waals surface area contributed by atoms with Gasteiger partial charge < -0.3 is 20.2 Å². The Morgan fingerprint density at radius 3 is 2.51 bits per heavy atom. The zero-order valence-corrected chi connectivity index (χ0v) is 21.6. The van der Waals surface area contributed by atoms with Crippen LogP contribution in [0.1, 0.15) is 41.5 Å². The normalized spacial score (nSPS) is 20.7. The van der Waals surface area contributed by atoms with Crippen LogP contribution < -0.4 is 10.6 Å². The summed E-state index contributed by atoms with van der Waals surface area (Å²) in [5.74, 6) is -0.388. The lowest BCUT2D eigenvalue weighted by Crippen LogP contribution is -2.29. The van der Waals surface area contributed by atoms with Crippen LogP contribution in [-0.4, -0.2) is 50.1 Å². The highest BCUT2D eigenvalue weighted by Crippen LogP contribution is 2.36. The third-order valence-corrected chi connectivity index (χ3v) is 7.17. The third kappa shape index (κ3) is 5.55. The molecule has 2 aliphatic rings. The van der Waals surface area contributed by atoms with E-state index >= 15 is 0 Å². The van der Waals surface area contributed by atoms with Crippen LogP contribution in [-0.2, 0) is 17.4 Å². The Morgan fingerprint density at radius 1 is 0.976 bits per heavy atom. The molecule has 3 N–H and O–H groups in total. The second-order valence-corrected chi connectivity index (χ2v) is 9.97. The number of alkyl halides is 3. The van der Waals surface area contributed by atoms with Crippen molar-refractivity contribution in [3.8, 4) is 11.6 Å². The van der Waals surface area contributed by atoms with E-state index in [2.05, 4.69) is 25.8 Å². The van der Waals surface area contributed by atoms with Gasteiger partial charge in [-0.05, 0) is 30.9 Å². The third-order valence-electron chi connectivity index (χ3n) is 7.17. The van der Waals surface area contributed by atoms with Gasteiger partial charge >= 0.3 is 12.2 Å². The maximum Gasteiger partial charge on any atom is 0.417 e. The Kier molecular flexibility index (Phi) is 7.00. The number of benzene rings is 2. The van der Waals surface area contributed by atoms with Crippen molar-refractivity contribution in [2.75, 3.05) is 10.6 Å². The molecule has 1 aliphatic heterocycles. The first-order valence-corrected chi connectivity index (χ1v) is 13.1. The lowest BCUT2D eigenvalue weighted by atomic mass is 9.96. The van der Waals surface area contributed by atoms with Crippen LogP contribution in [0.25, 0.3) is 11.6 Å². The van der Waals surface area contributed by atoms with Crippen molar-refractivity contribution in [2.45, 2.75) is 50.2 Å². The van der Waals surface area contributed by atoms with Gasteiger partial charge in [0.2, 0.25) is 0 Å². The van der Waals surface area contributed by atoms with Crippen LogP contribution in [0.4, 0.5) is 24.9 Å². The molecule has 0 amide bonds. The molecule has 3 heterocycles. The molecule has 4 aromatic rings.